The van der Waals surface area contributed by atoms with Gasteiger partial charge in [-0.1, -0.05) is 0 Å². The molecule has 1 aliphatic rings. The van der Waals surface area contributed by atoms with Crippen molar-refractivity contribution in [1.82, 2.24) is 9.80 Å². The third-order valence-electron chi connectivity index (χ3n) is 3.94. The van der Waals surface area contributed by atoms with Gasteiger partial charge >= 0.3 is 0 Å². The molecule has 1 heterocycles. The van der Waals surface area contributed by atoms with Gasteiger partial charge in [0.15, 0.2) is 0 Å². The number of nitriles is 1. The maximum absolute atomic E-state index is 9.04. The third kappa shape index (κ3) is 3.77. The Bertz CT molecular complexity index is 246. The Balaban J connectivity index is 2.27. The molecule has 0 aromatic carbocycles. The zero-order valence-corrected chi connectivity index (χ0v) is 11.2. The number of hydrogen-bond donors (Lipinski definition) is 0. The van der Waals surface area contributed by atoms with Gasteiger partial charge < -0.3 is 4.90 Å². The summed E-state index contributed by atoms with van der Waals surface area (Å²) in [5, 5.41) is 9.04. The van der Waals surface area contributed by atoms with E-state index in [1.807, 2.05) is 13.8 Å². The van der Waals surface area contributed by atoms with Crippen LogP contribution >= 0.6 is 0 Å². The van der Waals surface area contributed by atoms with Gasteiger partial charge in [0.1, 0.15) is 5.54 Å². The summed E-state index contributed by atoms with van der Waals surface area (Å²) < 4.78 is 0. The molecular weight excluding hydrogens is 198 g/mol. The largest absolute Gasteiger partial charge is 0.306 e. The molecule has 1 aliphatic heterocycles. The first-order chi connectivity index (χ1) is 7.45. The van der Waals surface area contributed by atoms with Crippen molar-refractivity contribution in [1.29, 1.82) is 5.26 Å². The zero-order valence-electron chi connectivity index (χ0n) is 11.2. The maximum Gasteiger partial charge on any atom is 0.103 e. The number of likely N-dealkylation sites (tertiary alicyclic amines) is 1. The highest BCUT2D eigenvalue weighted by Crippen LogP contribution is 2.21. The van der Waals surface area contributed by atoms with Crippen LogP contribution in [-0.4, -0.2) is 49.1 Å². The molecule has 0 aromatic heterocycles. The average Bonchev–Trinajstić information content (AvgIpc) is 2.28. The van der Waals surface area contributed by atoms with Crippen LogP contribution in [0.4, 0.5) is 0 Å². The molecule has 0 bridgehead atoms. The predicted molar refractivity (Wildman–Crippen MR) is 67.2 cm³/mol. The van der Waals surface area contributed by atoms with Gasteiger partial charge in [-0.2, -0.15) is 5.26 Å². The minimum absolute atomic E-state index is 0.328. The second-order valence-corrected chi connectivity index (χ2v) is 5.63. The van der Waals surface area contributed by atoms with E-state index in [-0.39, 0.29) is 5.54 Å². The molecule has 1 saturated heterocycles. The van der Waals surface area contributed by atoms with Crippen LogP contribution in [0.15, 0.2) is 0 Å². The second kappa shape index (κ2) is 5.65. The van der Waals surface area contributed by atoms with E-state index < -0.39 is 0 Å². The van der Waals surface area contributed by atoms with E-state index in [2.05, 4.69) is 30.0 Å². The lowest BCUT2D eigenvalue weighted by Gasteiger charge is -2.33. The van der Waals surface area contributed by atoms with Crippen LogP contribution < -0.4 is 0 Å². The Hall–Kier alpha value is -0.590. The lowest BCUT2D eigenvalue weighted by atomic mass is 9.93. The molecule has 0 radical (unpaired) electrons. The Morgan fingerprint density at radius 2 is 1.94 bits per heavy atom. The summed E-state index contributed by atoms with van der Waals surface area (Å²) in [6.07, 6.45) is 3.87. The highest BCUT2D eigenvalue weighted by Gasteiger charge is 2.24. The summed E-state index contributed by atoms with van der Waals surface area (Å²) in [7, 11) is 4.25. The first kappa shape index (κ1) is 13.5. The monoisotopic (exact) mass is 223 g/mol. The van der Waals surface area contributed by atoms with E-state index in [0.29, 0.717) is 0 Å². The molecule has 0 unspecified atom stereocenters. The normalized spacial score (nSPS) is 20.0. The fourth-order valence-corrected chi connectivity index (χ4v) is 2.09. The topological polar surface area (TPSA) is 30.3 Å². The van der Waals surface area contributed by atoms with Crippen molar-refractivity contribution in [2.24, 2.45) is 5.92 Å². The summed E-state index contributed by atoms with van der Waals surface area (Å²) in [5.74, 6) is 0.855. The van der Waals surface area contributed by atoms with Gasteiger partial charge in [-0.15, -0.1) is 0 Å². The van der Waals surface area contributed by atoms with E-state index in [4.69, 9.17) is 5.26 Å². The summed E-state index contributed by atoms with van der Waals surface area (Å²) in [4.78, 5) is 4.57. The number of rotatable bonds is 4. The highest BCUT2D eigenvalue weighted by molar-refractivity contribution is 5.00. The van der Waals surface area contributed by atoms with Crippen LogP contribution in [0.1, 0.15) is 33.1 Å². The molecule has 0 aromatic rings. The number of nitrogens with zero attached hydrogens (tertiary/aromatic N) is 3. The fourth-order valence-electron chi connectivity index (χ4n) is 2.09. The van der Waals surface area contributed by atoms with Crippen LogP contribution in [0.3, 0.4) is 0 Å². The van der Waals surface area contributed by atoms with Crippen molar-refractivity contribution >= 4 is 0 Å². The molecule has 3 nitrogen and oxygen atoms in total. The quantitative estimate of drug-likeness (QED) is 0.730. The molecule has 92 valence electrons. The minimum Gasteiger partial charge on any atom is -0.306 e. The Labute approximate surface area is 100 Å². The molecule has 1 fully saturated rings. The Kier molecular flexibility index (Phi) is 4.76. The smallest absolute Gasteiger partial charge is 0.103 e. The van der Waals surface area contributed by atoms with Crippen LogP contribution in [-0.2, 0) is 0 Å². The molecular formula is C13H25N3. The van der Waals surface area contributed by atoms with E-state index in [1.165, 1.54) is 32.4 Å². The second-order valence-electron chi connectivity index (χ2n) is 5.63. The SMILES string of the molecule is CN1CCC(CCN(C)C(C)(C)C#N)CC1. The average molecular weight is 223 g/mol. The van der Waals surface area contributed by atoms with Crippen molar-refractivity contribution in [2.75, 3.05) is 33.7 Å². The van der Waals surface area contributed by atoms with Crippen LogP contribution in [0.25, 0.3) is 0 Å². The number of hydrogen-bond acceptors (Lipinski definition) is 3. The van der Waals surface area contributed by atoms with Gasteiger partial charge in [0.2, 0.25) is 0 Å². The Morgan fingerprint density at radius 1 is 1.38 bits per heavy atom. The van der Waals surface area contributed by atoms with E-state index >= 15 is 0 Å². The molecule has 0 amide bonds. The van der Waals surface area contributed by atoms with Crippen molar-refractivity contribution < 1.29 is 0 Å². The van der Waals surface area contributed by atoms with E-state index in [0.717, 1.165) is 12.5 Å². The summed E-state index contributed by atoms with van der Waals surface area (Å²) >= 11 is 0. The molecule has 0 aliphatic carbocycles. The minimum atomic E-state index is -0.328. The van der Waals surface area contributed by atoms with Gasteiger partial charge in [-0.3, -0.25) is 4.90 Å². The molecule has 0 spiro atoms. The highest BCUT2D eigenvalue weighted by atomic mass is 15.2. The van der Waals surface area contributed by atoms with Crippen LogP contribution in [0.2, 0.25) is 0 Å². The first-order valence-corrected chi connectivity index (χ1v) is 6.27. The van der Waals surface area contributed by atoms with Gasteiger partial charge in [-0.25, -0.2) is 0 Å². The van der Waals surface area contributed by atoms with Gasteiger partial charge in [0.25, 0.3) is 0 Å². The van der Waals surface area contributed by atoms with Crippen LogP contribution in [0, 0.1) is 17.2 Å². The first-order valence-electron chi connectivity index (χ1n) is 6.27. The van der Waals surface area contributed by atoms with Crippen molar-refractivity contribution in [3.05, 3.63) is 0 Å². The molecule has 3 heteroatoms. The third-order valence-corrected chi connectivity index (χ3v) is 3.94. The van der Waals surface area contributed by atoms with E-state index in [1.54, 1.807) is 0 Å². The van der Waals surface area contributed by atoms with Crippen LogP contribution in [0.5, 0.6) is 0 Å². The lowest BCUT2D eigenvalue weighted by molar-refractivity contribution is 0.164. The van der Waals surface area contributed by atoms with Crippen molar-refractivity contribution in [3.8, 4) is 6.07 Å². The van der Waals surface area contributed by atoms with Crippen molar-refractivity contribution in [3.63, 3.8) is 0 Å². The summed E-state index contributed by atoms with van der Waals surface area (Å²) in [6.45, 7) is 7.48. The molecule has 1 rings (SSSR count). The molecule has 0 atom stereocenters. The standard InChI is InChI=1S/C13H25N3/c1-13(2,11-14)16(4)10-7-12-5-8-15(3)9-6-12/h12H,5-10H2,1-4H3. The fraction of sp³-hybridized carbons (Fsp3) is 0.923. The lowest BCUT2D eigenvalue weighted by Crippen LogP contribution is -2.41. The summed E-state index contributed by atoms with van der Waals surface area (Å²) in [6, 6.07) is 2.35. The predicted octanol–water partition coefficient (Wildman–Crippen LogP) is 1.95. The van der Waals surface area contributed by atoms with Gasteiger partial charge in [-0.05, 0) is 72.8 Å². The van der Waals surface area contributed by atoms with E-state index in [9.17, 15) is 0 Å². The summed E-state index contributed by atoms with van der Waals surface area (Å²) in [5.41, 5.74) is -0.328. The molecule has 0 N–H and O–H groups in total. The van der Waals surface area contributed by atoms with Gasteiger partial charge in [0, 0.05) is 0 Å². The Morgan fingerprint density at radius 3 is 2.44 bits per heavy atom. The van der Waals surface area contributed by atoms with Crippen molar-refractivity contribution in [2.45, 2.75) is 38.6 Å². The van der Waals surface area contributed by atoms with Gasteiger partial charge in [0.05, 0.1) is 6.07 Å². The number of piperidine rings is 1. The zero-order chi connectivity index (χ0) is 12.2. The molecule has 16 heavy (non-hydrogen) atoms. The maximum atomic E-state index is 9.04. The molecule has 0 saturated carbocycles.